The molecule has 20 heavy (non-hydrogen) atoms. The molecule has 0 bridgehead atoms. The zero-order chi connectivity index (χ0) is 14.8. The lowest BCUT2D eigenvalue weighted by molar-refractivity contribution is 0.356. The van der Waals surface area contributed by atoms with Gasteiger partial charge in [0.05, 0.1) is 0 Å². The Morgan fingerprint density at radius 1 is 1.15 bits per heavy atom. The number of rotatable bonds is 5. The van der Waals surface area contributed by atoms with Crippen molar-refractivity contribution in [3.8, 4) is 0 Å². The van der Waals surface area contributed by atoms with Crippen molar-refractivity contribution in [1.82, 2.24) is 5.32 Å². The molecule has 1 aromatic carbocycles. The van der Waals surface area contributed by atoms with Crippen molar-refractivity contribution in [3.05, 3.63) is 35.4 Å². The van der Waals surface area contributed by atoms with E-state index in [1.807, 2.05) is 0 Å². The van der Waals surface area contributed by atoms with Crippen molar-refractivity contribution in [2.24, 2.45) is 11.3 Å². The third-order valence-electron chi connectivity index (χ3n) is 4.58. The second-order valence-electron chi connectivity index (χ2n) is 7.83. The minimum Gasteiger partial charge on any atom is -0.307 e. The largest absolute Gasteiger partial charge is 0.307 e. The second-order valence-corrected chi connectivity index (χ2v) is 7.83. The maximum atomic E-state index is 3.81. The molecule has 1 nitrogen and oxygen atoms in total. The Morgan fingerprint density at radius 2 is 1.80 bits per heavy atom. The van der Waals surface area contributed by atoms with Gasteiger partial charge in [-0.25, -0.2) is 0 Å². The summed E-state index contributed by atoms with van der Waals surface area (Å²) in [7, 11) is 0. The number of nitrogens with one attached hydrogen (secondary N) is 1. The van der Waals surface area contributed by atoms with Crippen LogP contribution in [0.2, 0.25) is 0 Å². The molecule has 0 aliphatic heterocycles. The lowest BCUT2D eigenvalue weighted by atomic mass is 9.91. The van der Waals surface area contributed by atoms with E-state index in [4.69, 9.17) is 0 Å². The molecule has 1 aromatic rings. The van der Waals surface area contributed by atoms with Gasteiger partial charge in [-0.1, -0.05) is 52.0 Å². The Bertz CT molecular complexity index is 416. The summed E-state index contributed by atoms with van der Waals surface area (Å²) in [6.07, 6.45) is 5.16. The number of benzene rings is 1. The molecule has 0 aromatic heterocycles. The van der Waals surface area contributed by atoms with E-state index in [0.717, 1.165) is 5.92 Å². The third-order valence-corrected chi connectivity index (χ3v) is 4.58. The van der Waals surface area contributed by atoms with Gasteiger partial charge in [0.25, 0.3) is 0 Å². The summed E-state index contributed by atoms with van der Waals surface area (Å²) in [5.74, 6) is 0.733. The first-order chi connectivity index (χ1) is 9.35. The minimum atomic E-state index is 0.460. The molecule has 1 saturated carbocycles. The van der Waals surface area contributed by atoms with Gasteiger partial charge in [-0.05, 0) is 55.1 Å². The molecule has 1 heteroatoms. The summed E-state index contributed by atoms with van der Waals surface area (Å²) < 4.78 is 0. The zero-order valence-electron chi connectivity index (χ0n) is 13.9. The molecule has 0 heterocycles. The van der Waals surface area contributed by atoms with Crippen LogP contribution in [0.1, 0.15) is 71.0 Å². The highest BCUT2D eigenvalue weighted by atomic mass is 15.0. The predicted octanol–water partition coefficient (Wildman–Crippen LogP) is 5.11. The van der Waals surface area contributed by atoms with Crippen molar-refractivity contribution in [2.75, 3.05) is 0 Å². The summed E-state index contributed by atoms with van der Waals surface area (Å²) in [5, 5.41) is 3.81. The van der Waals surface area contributed by atoms with Crippen LogP contribution in [0.4, 0.5) is 0 Å². The predicted molar refractivity (Wildman–Crippen MR) is 88.0 cm³/mol. The highest BCUT2D eigenvalue weighted by Crippen LogP contribution is 2.37. The van der Waals surface area contributed by atoms with Gasteiger partial charge in [0.15, 0.2) is 0 Å². The van der Waals surface area contributed by atoms with Crippen molar-refractivity contribution in [2.45, 2.75) is 72.4 Å². The molecule has 0 amide bonds. The molecule has 1 aliphatic carbocycles. The standard InChI is InChI=1S/C19H31N/c1-14(2)12-16-6-8-17(9-7-16)15(3)20-18-10-11-19(4,5)13-18/h6-9,14-15,18,20H,10-13H2,1-5H3. The molecule has 2 rings (SSSR count). The Kier molecular flexibility index (Phi) is 4.90. The van der Waals surface area contributed by atoms with Gasteiger partial charge in [-0.15, -0.1) is 0 Å². The fraction of sp³-hybridized carbons (Fsp3) is 0.684. The van der Waals surface area contributed by atoms with Crippen molar-refractivity contribution >= 4 is 0 Å². The molecule has 0 radical (unpaired) electrons. The van der Waals surface area contributed by atoms with Gasteiger partial charge in [-0.2, -0.15) is 0 Å². The summed E-state index contributed by atoms with van der Waals surface area (Å²) >= 11 is 0. The summed E-state index contributed by atoms with van der Waals surface area (Å²) in [6.45, 7) is 11.6. The van der Waals surface area contributed by atoms with Crippen molar-refractivity contribution in [1.29, 1.82) is 0 Å². The van der Waals surface area contributed by atoms with E-state index in [-0.39, 0.29) is 0 Å². The quantitative estimate of drug-likeness (QED) is 0.785. The van der Waals surface area contributed by atoms with Gasteiger partial charge in [0, 0.05) is 12.1 Å². The summed E-state index contributed by atoms with van der Waals surface area (Å²) in [6, 6.07) is 10.3. The normalized spacial score (nSPS) is 23.2. The van der Waals surface area contributed by atoms with Gasteiger partial charge in [0.2, 0.25) is 0 Å². The van der Waals surface area contributed by atoms with E-state index in [2.05, 4.69) is 64.2 Å². The van der Waals surface area contributed by atoms with E-state index in [1.54, 1.807) is 0 Å². The summed E-state index contributed by atoms with van der Waals surface area (Å²) in [4.78, 5) is 0. The Balaban J connectivity index is 1.91. The van der Waals surface area contributed by atoms with Crippen LogP contribution in [-0.2, 0) is 6.42 Å². The smallest absolute Gasteiger partial charge is 0.0294 e. The molecule has 1 fully saturated rings. The molecule has 2 unspecified atom stereocenters. The molecule has 1 aliphatic rings. The zero-order valence-corrected chi connectivity index (χ0v) is 13.9. The second kappa shape index (κ2) is 6.30. The fourth-order valence-electron chi connectivity index (χ4n) is 3.44. The van der Waals surface area contributed by atoms with Crippen LogP contribution in [0.15, 0.2) is 24.3 Å². The van der Waals surface area contributed by atoms with E-state index in [1.165, 1.54) is 36.8 Å². The molecule has 0 spiro atoms. The Morgan fingerprint density at radius 3 is 2.30 bits per heavy atom. The van der Waals surface area contributed by atoms with Crippen LogP contribution in [0.5, 0.6) is 0 Å². The van der Waals surface area contributed by atoms with Crippen LogP contribution in [-0.4, -0.2) is 6.04 Å². The van der Waals surface area contributed by atoms with Crippen LogP contribution in [0.3, 0.4) is 0 Å². The molecule has 112 valence electrons. The Hall–Kier alpha value is -0.820. The minimum absolute atomic E-state index is 0.460. The van der Waals surface area contributed by atoms with Gasteiger partial charge in [0.1, 0.15) is 0 Å². The fourth-order valence-corrected chi connectivity index (χ4v) is 3.44. The van der Waals surface area contributed by atoms with Crippen LogP contribution in [0, 0.1) is 11.3 Å². The summed E-state index contributed by atoms with van der Waals surface area (Å²) in [5.41, 5.74) is 3.40. The van der Waals surface area contributed by atoms with Gasteiger partial charge in [-0.3, -0.25) is 0 Å². The van der Waals surface area contributed by atoms with Crippen LogP contribution in [0.25, 0.3) is 0 Å². The maximum absolute atomic E-state index is 3.81. The van der Waals surface area contributed by atoms with E-state index >= 15 is 0 Å². The number of hydrogen-bond acceptors (Lipinski definition) is 1. The third kappa shape index (κ3) is 4.34. The molecular weight excluding hydrogens is 242 g/mol. The number of hydrogen-bond donors (Lipinski definition) is 1. The topological polar surface area (TPSA) is 12.0 Å². The van der Waals surface area contributed by atoms with Crippen molar-refractivity contribution < 1.29 is 0 Å². The first kappa shape index (κ1) is 15.6. The highest BCUT2D eigenvalue weighted by Gasteiger charge is 2.31. The lowest BCUT2D eigenvalue weighted by Gasteiger charge is -2.22. The molecule has 2 atom stereocenters. The van der Waals surface area contributed by atoms with Gasteiger partial charge < -0.3 is 5.32 Å². The molecule has 0 saturated heterocycles. The molecule has 1 N–H and O–H groups in total. The highest BCUT2D eigenvalue weighted by molar-refractivity contribution is 5.25. The van der Waals surface area contributed by atoms with Crippen LogP contribution < -0.4 is 5.32 Å². The van der Waals surface area contributed by atoms with Gasteiger partial charge >= 0.3 is 0 Å². The average Bonchev–Trinajstić information content (AvgIpc) is 2.68. The SMILES string of the molecule is CC(C)Cc1ccc(C(C)NC2CCC(C)(C)C2)cc1. The Labute approximate surface area is 125 Å². The van der Waals surface area contributed by atoms with E-state index < -0.39 is 0 Å². The maximum Gasteiger partial charge on any atom is 0.0294 e. The monoisotopic (exact) mass is 273 g/mol. The first-order valence-electron chi connectivity index (χ1n) is 8.20. The average molecular weight is 273 g/mol. The van der Waals surface area contributed by atoms with Crippen molar-refractivity contribution in [3.63, 3.8) is 0 Å². The van der Waals surface area contributed by atoms with E-state index in [9.17, 15) is 0 Å². The van der Waals surface area contributed by atoms with E-state index in [0.29, 0.717) is 17.5 Å². The first-order valence-corrected chi connectivity index (χ1v) is 8.20. The van der Waals surface area contributed by atoms with Crippen LogP contribution >= 0.6 is 0 Å². The molecular formula is C19H31N. The lowest BCUT2D eigenvalue weighted by Crippen LogP contribution is -2.30.